The van der Waals surface area contributed by atoms with Crippen molar-refractivity contribution in [1.29, 1.82) is 0 Å². The van der Waals surface area contributed by atoms with Crippen molar-refractivity contribution < 1.29 is 39.9 Å². The van der Waals surface area contributed by atoms with Crippen LogP contribution >= 0.6 is 23.7 Å². The van der Waals surface area contributed by atoms with E-state index in [2.05, 4.69) is 32.1 Å². The van der Waals surface area contributed by atoms with Crippen LogP contribution < -0.4 is 10.0 Å². The lowest BCUT2D eigenvalue weighted by molar-refractivity contribution is -0.122. The molecule has 1 amide bonds. The molecular weight excluding hydrogens is 823 g/mol. The molecule has 1 unspecified atom stereocenters. The minimum atomic E-state index is -3.52. The molecule has 2 N–H and O–H groups in total. The van der Waals surface area contributed by atoms with E-state index >= 15 is 8.78 Å². The quantitative estimate of drug-likeness (QED) is 0.0616. The number of benzene rings is 2. The van der Waals surface area contributed by atoms with E-state index < -0.39 is 78.0 Å². The van der Waals surface area contributed by atoms with Gasteiger partial charge >= 0.3 is 0 Å². The molecule has 5 aromatic rings. The molecular formula is C41H39F8N7OS2. The summed E-state index contributed by atoms with van der Waals surface area (Å²) < 4.78 is 120. The fraction of sp³-hybridized carbons (Fsp3) is 0.415. The Kier molecular flexibility index (Phi) is 12.3. The van der Waals surface area contributed by atoms with Crippen LogP contribution in [0.5, 0.6) is 0 Å². The average molecular weight is 862 g/mol. The fourth-order valence-electron chi connectivity index (χ4n) is 7.24. The Morgan fingerprint density at radius 1 is 1.00 bits per heavy atom. The molecule has 312 valence electrons. The number of thioether (sulfide) groups is 1. The molecule has 18 heteroatoms. The van der Waals surface area contributed by atoms with Crippen LogP contribution in [-0.2, 0) is 36.6 Å². The molecule has 0 radical (unpaired) electrons. The molecule has 3 aromatic heterocycles. The van der Waals surface area contributed by atoms with E-state index in [1.54, 1.807) is 42.1 Å². The zero-order valence-corrected chi connectivity index (χ0v) is 33.7. The second kappa shape index (κ2) is 17.1. The van der Waals surface area contributed by atoms with E-state index in [4.69, 9.17) is 4.98 Å². The minimum Gasteiger partial charge on any atom is -0.346 e. The van der Waals surface area contributed by atoms with Gasteiger partial charge in [0.25, 0.3) is 18.8 Å². The molecule has 1 saturated carbocycles. The van der Waals surface area contributed by atoms with E-state index in [-0.39, 0.29) is 35.4 Å². The third-order valence-corrected chi connectivity index (χ3v) is 11.9. The number of alkyl halides is 6. The number of nitrogens with zero attached hydrogens (tertiary/aromatic N) is 5. The van der Waals surface area contributed by atoms with Gasteiger partial charge in [-0.05, 0) is 81.3 Å². The maximum atomic E-state index is 15.0. The van der Waals surface area contributed by atoms with Crippen LogP contribution in [0, 0.1) is 23.5 Å². The second-order valence-electron chi connectivity index (χ2n) is 14.8. The number of halogens is 8. The number of pyridine rings is 1. The van der Waals surface area contributed by atoms with Crippen molar-refractivity contribution in [1.82, 2.24) is 29.9 Å². The molecule has 2 aromatic carbocycles. The molecule has 0 aliphatic heterocycles. The van der Waals surface area contributed by atoms with Crippen molar-refractivity contribution >= 4 is 46.3 Å². The smallest absolute Gasteiger partial charge is 0.290 e. The molecule has 2 aliphatic carbocycles. The zero-order valence-electron chi connectivity index (χ0n) is 32.1. The van der Waals surface area contributed by atoms with Crippen molar-refractivity contribution in [2.45, 2.75) is 101 Å². The van der Waals surface area contributed by atoms with Crippen molar-refractivity contribution in [3.8, 4) is 23.0 Å². The summed E-state index contributed by atoms with van der Waals surface area (Å²) in [4.78, 5) is 18.9. The second-order valence-corrected chi connectivity index (χ2v) is 17.8. The lowest BCUT2D eigenvalue weighted by Crippen LogP contribution is -2.35. The van der Waals surface area contributed by atoms with Crippen LogP contribution in [-0.4, -0.2) is 52.6 Å². The first kappa shape index (κ1) is 42.4. The number of fused-ring (bicyclic) bond motifs is 2. The molecule has 0 bridgehead atoms. The van der Waals surface area contributed by atoms with Crippen molar-refractivity contribution in [2.24, 2.45) is 0 Å². The predicted octanol–water partition coefficient (Wildman–Crippen LogP) is 10.0. The highest BCUT2D eigenvalue weighted by molar-refractivity contribution is 8.01. The summed E-state index contributed by atoms with van der Waals surface area (Å²) in [6, 6.07) is 9.85. The first-order valence-corrected chi connectivity index (χ1v) is 20.8. The molecule has 1 fully saturated rings. The van der Waals surface area contributed by atoms with Crippen LogP contribution in [0.3, 0.4) is 0 Å². The minimum absolute atomic E-state index is 0.0783. The largest absolute Gasteiger partial charge is 0.346 e. The number of carbonyl (C=O) groups is 1. The number of hydrogen-bond donors (Lipinski definition) is 2. The summed E-state index contributed by atoms with van der Waals surface area (Å²) in [7, 11) is 0. The topological polar surface area (TPSA) is 89.7 Å². The Bertz CT molecular complexity index is 2420. The Morgan fingerprint density at radius 3 is 2.42 bits per heavy atom. The van der Waals surface area contributed by atoms with Gasteiger partial charge in [-0.25, -0.2) is 31.3 Å². The van der Waals surface area contributed by atoms with Gasteiger partial charge in [-0.3, -0.25) is 14.2 Å². The van der Waals surface area contributed by atoms with Crippen molar-refractivity contribution in [3.63, 3.8) is 0 Å². The van der Waals surface area contributed by atoms with Crippen molar-refractivity contribution in [2.75, 3.05) is 10.5 Å². The number of nitrogens with one attached hydrogen (secondary N) is 2. The van der Waals surface area contributed by atoms with Gasteiger partial charge in [0.15, 0.2) is 5.82 Å². The predicted molar refractivity (Wildman–Crippen MR) is 213 cm³/mol. The highest BCUT2D eigenvalue weighted by atomic mass is 32.2. The van der Waals surface area contributed by atoms with Gasteiger partial charge in [0, 0.05) is 45.6 Å². The Hall–Kier alpha value is -4.76. The summed E-state index contributed by atoms with van der Waals surface area (Å²) in [5, 5.41) is 11.9. The third-order valence-electron chi connectivity index (χ3n) is 9.73. The number of hydrogen-bond acceptors (Lipinski definition) is 7. The third kappa shape index (κ3) is 9.67. The van der Waals surface area contributed by atoms with Gasteiger partial charge in [-0.2, -0.15) is 19.0 Å². The van der Waals surface area contributed by atoms with Crippen LogP contribution in [0.15, 0.2) is 48.5 Å². The highest BCUT2D eigenvalue weighted by Gasteiger charge is 2.46. The van der Waals surface area contributed by atoms with Crippen LogP contribution in [0.2, 0.25) is 0 Å². The van der Waals surface area contributed by atoms with Gasteiger partial charge in [-0.15, -0.1) is 11.8 Å². The maximum Gasteiger partial charge on any atom is 0.290 e. The Balaban J connectivity index is 1.38. The normalized spacial score (nSPS) is 15.4. The number of aromatic nitrogens is 5. The monoisotopic (exact) mass is 861 g/mol. The number of anilines is 1. The number of para-hydroxylation sites is 1. The van der Waals surface area contributed by atoms with E-state index in [0.29, 0.717) is 49.6 Å². The lowest BCUT2D eigenvalue weighted by Gasteiger charge is -2.23. The van der Waals surface area contributed by atoms with E-state index in [9.17, 15) is 31.1 Å². The summed E-state index contributed by atoms with van der Waals surface area (Å²) in [6.07, 6.45) is -5.17. The lowest BCUT2D eigenvalue weighted by atomic mass is 9.93. The average Bonchev–Trinajstić information content (AvgIpc) is 3.65. The van der Waals surface area contributed by atoms with Crippen molar-refractivity contribution in [3.05, 3.63) is 94.1 Å². The number of rotatable bonds is 15. The van der Waals surface area contributed by atoms with Gasteiger partial charge in [0.2, 0.25) is 5.91 Å². The fourth-order valence-corrected chi connectivity index (χ4v) is 8.99. The van der Waals surface area contributed by atoms with E-state index in [1.807, 2.05) is 20.8 Å². The van der Waals surface area contributed by atoms with Gasteiger partial charge in [0.1, 0.15) is 41.8 Å². The summed E-state index contributed by atoms with van der Waals surface area (Å²) in [6.45, 7) is 4.18. The van der Waals surface area contributed by atoms with Crippen LogP contribution in [0.25, 0.3) is 22.0 Å². The van der Waals surface area contributed by atoms with Gasteiger partial charge in [0.05, 0.1) is 22.0 Å². The van der Waals surface area contributed by atoms with Crippen LogP contribution in [0.1, 0.15) is 86.4 Å². The Morgan fingerprint density at radius 2 is 1.75 bits per heavy atom. The molecule has 2 aliphatic rings. The highest BCUT2D eigenvalue weighted by Crippen LogP contribution is 2.45. The first-order valence-electron chi connectivity index (χ1n) is 18.9. The summed E-state index contributed by atoms with van der Waals surface area (Å²) in [5.74, 6) is 1.03. The number of amides is 1. The molecule has 1 atom stereocenters. The van der Waals surface area contributed by atoms with Crippen LogP contribution in [0.4, 0.5) is 40.9 Å². The molecule has 59 heavy (non-hydrogen) atoms. The zero-order chi connectivity index (χ0) is 42.2. The summed E-state index contributed by atoms with van der Waals surface area (Å²) in [5.41, 5.74) is -0.531. The Labute approximate surface area is 343 Å². The first-order chi connectivity index (χ1) is 28.0. The molecule has 0 spiro atoms. The van der Waals surface area contributed by atoms with E-state index in [0.717, 1.165) is 29.7 Å². The number of carbonyl (C=O) groups excluding carboxylic acids is 1. The van der Waals surface area contributed by atoms with Gasteiger partial charge < -0.3 is 10.0 Å². The van der Waals surface area contributed by atoms with Gasteiger partial charge in [-0.1, -0.05) is 36.9 Å². The summed E-state index contributed by atoms with van der Waals surface area (Å²) >= 11 is 3.03. The molecule has 7 rings (SSSR count). The van der Waals surface area contributed by atoms with E-state index in [1.165, 1.54) is 11.9 Å². The maximum absolute atomic E-state index is 15.0. The standard InChI is InChI=1S/C41H39F8N7OS2/c1-4-58-54-39-30-7-5-6-28(36(30)55(53-39)20-32(44)45)27-11-8-25(12-14-40(2,3)59-26-9-10-26)50-34(27)31(18-22-16-23(42)19-24(43)17-22)51-33(57)21-56-37-29(13-15-41(37,48)49)35(52-56)38(46)47/h5-8,11,16-17,19,26,31-32,38H,4,9-10,13,15,18,20-21H2,1-3H3,(H,51,57)(H,53,54). The SMILES string of the molecule is CCSNc1nn(CC(F)F)c2c(-c3ccc(C#CC(C)(C)SC4CC4)nc3C(Cc3cc(F)cc(F)c3)NC(=O)Cn3nc(C(F)F)c4c3C(F)(F)CC4)cccc12. The molecule has 0 saturated heterocycles. The molecule has 8 nitrogen and oxygen atoms in total. The molecule has 3 heterocycles.